The van der Waals surface area contributed by atoms with Crippen molar-refractivity contribution in [1.29, 1.82) is 0 Å². The lowest BCUT2D eigenvalue weighted by molar-refractivity contribution is -0.308. The van der Waals surface area contributed by atoms with Gasteiger partial charge < -0.3 is 28.4 Å². The predicted molar refractivity (Wildman–Crippen MR) is 96.5 cm³/mol. The fourth-order valence-electron chi connectivity index (χ4n) is 2.70. The van der Waals surface area contributed by atoms with E-state index in [2.05, 4.69) is 10.0 Å². The second-order valence-corrected chi connectivity index (χ2v) is 6.25. The first-order chi connectivity index (χ1) is 14.1. The van der Waals surface area contributed by atoms with Gasteiger partial charge in [0.05, 0.1) is 6.61 Å². The summed E-state index contributed by atoms with van der Waals surface area (Å²) in [5.74, 6) is -2.78. The van der Waals surface area contributed by atoms with Crippen LogP contribution >= 0.6 is 0 Å². The molecule has 13 heteroatoms. The molecule has 5 atom stereocenters. The summed E-state index contributed by atoms with van der Waals surface area (Å²) in [6, 6.07) is 0. The highest BCUT2D eigenvalue weighted by atomic mass is 16.7. The summed E-state index contributed by atoms with van der Waals surface area (Å²) in [6.45, 7) is 4.44. The molecule has 0 radical (unpaired) electrons. The van der Waals surface area contributed by atoms with Gasteiger partial charge in [-0.15, -0.1) is 0 Å². The molecule has 0 aromatic rings. The summed E-state index contributed by atoms with van der Waals surface area (Å²) in [6.07, 6.45) is -5.78. The monoisotopic (exact) mass is 431 g/mol. The molecule has 1 aliphatic heterocycles. The van der Waals surface area contributed by atoms with Gasteiger partial charge in [0.25, 0.3) is 0 Å². The molecule has 1 rings (SSSR count). The standard InChI is InChI=1S/C17H25N3O10/c1-9(21)26-8-13-14(27-10(2)22)15(28-11(3)23)16(29-12(4)24)17(30-13)25-7-5-6-19-20-18/h13-17H,5-8H2,1-4H3/t13?,14-,15?,16?,17-/m1/s1. The minimum atomic E-state index is -1.29. The number of hydrogen-bond donors (Lipinski definition) is 0. The van der Waals surface area contributed by atoms with Crippen molar-refractivity contribution >= 4 is 23.9 Å². The zero-order valence-corrected chi connectivity index (χ0v) is 17.1. The van der Waals surface area contributed by atoms with E-state index in [-0.39, 0.29) is 19.8 Å². The molecule has 0 aromatic heterocycles. The van der Waals surface area contributed by atoms with Gasteiger partial charge >= 0.3 is 23.9 Å². The van der Waals surface area contributed by atoms with Gasteiger partial charge in [0.1, 0.15) is 12.7 Å². The van der Waals surface area contributed by atoms with E-state index in [1.54, 1.807) is 0 Å². The Hall–Kier alpha value is -2.89. The Bertz CT molecular complexity index is 679. The third kappa shape index (κ3) is 8.64. The molecular formula is C17H25N3O10. The minimum Gasteiger partial charge on any atom is -0.463 e. The minimum absolute atomic E-state index is 0.0484. The van der Waals surface area contributed by atoms with Crippen molar-refractivity contribution in [2.75, 3.05) is 19.8 Å². The summed E-state index contributed by atoms with van der Waals surface area (Å²) in [5.41, 5.74) is 8.32. The van der Waals surface area contributed by atoms with E-state index in [1.807, 2.05) is 0 Å². The molecular weight excluding hydrogens is 406 g/mol. The molecule has 3 unspecified atom stereocenters. The second-order valence-electron chi connectivity index (χ2n) is 6.25. The Morgan fingerprint density at radius 3 is 2.00 bits per heavy atom. The lowest BCUT2D eigenvalue weighted by Gasteiger charge is -2.44. The van der Waals surface area contributed by atoms with Gasteiger partial charge in [0.2, 0.25) is 0 Å². The Morgan fingerprint density at radius 2 is 1.47 bits per heavy atom. The van der Waals surface area contributed by atoms with Gasteiger partial charge in [0.15, 0.2) is 24.6 Å². The SMILES string of the molecule is CC(=O)OCC1O[C@@H](OCCCN=[N+]=[N-])C(OC(C)=O)C(OC(C)=O)[C@@H]1OC(C)=O. The lowest BCUT2D eigenvalue weighted by atomic mass is 9.98. The maximum absolute atomic E-state index is 11.7. The Kier molecular flexibility index (Phi) is 10.6. The number of nitrogens with zero attached hydrogens (tertiary/aromatic N) is 3. The first kappa shape index (κ1) is 25.1. The van der Waals surface area contributed by atoms with Gasteiger partial charge in [-0.1, -0.05) is 5.11 Å². The molecule has 0 spiro atoms. The summed E-state index contributed by atoms with van der Waals surface area (Å²) >= 11 is 0. The molecule has 0 saturated carbocycles. The summed E-state index contributed by atoms with van der Waals surface area (Å²) in [5, 5.41) is 3.37. The Balaban J connectivity index is 3.17. The Labute approximate surface area is 172 Å². The highest BCUT2D eigenvalue weighted by molar-refractivity contribution is 5.68. The van der Waals surface area contributed by atoms with Crippen molar-refractivity contribution in [3.8, 4) is 0 Å². The van der Waals surface area contributed by atoms with Crippen LogP contribution in [0.2, 0.25) is 0 Å². The van der Waals surface area contributed by atoms with Crippen LogP contribution in [0.1, 0.15) is 34.1 Å². The van der Waals surface area contributed by atoms with Crippen LogP contribution in [-0.4, -0.2) is 74.3 Å². The van der Waals surface area contributed by atoms with E-state index in [0.29, 0.717) is 6.42 Å². The topological polar surface area (TPSA) is 172 Å². The van der Waals surface area contributed by atoms with Crippen LogP contribution in [-0.2, 0) is 47.6 Å². The molecule has 1 aliphatic rings. The smallest absolute Gasteiger partial charge is 0.303 e. The number of azide groups is 1. The van der Waals surface area contributed by atoms with Crippen molar-refractivity contribution in [2.24, 2.45) is 5.11 Å². The number of hydrogen-bond acceptors (Lipinski definition) is 11. The van der Waals surface area contributed by atoms with Crippen LogP contribution in [0.15, 0.2) is 5.11 Å². The van der Waals surface area contributed by atoms with Crippen molar-refractivity contribution in [2.45, 2.75) is 64.8 Å². The summed E-state index contributed by atoms with van der Waals surface area (Å²) in [4.78, 5) is 48.7. The van der Waals surface area contributed by atoms with Crippen LogP contribution < -0.4 is 0 Å². The summed E-state index contributed by atoms with van der Waals surface area (Å²) in [7, 11) is 0. The third-order valence-corrected chi connectivity index (χ3v) is 3.70. The molecule has 1 fully saturated rings. The number of carbonyl (C=O) groups excluding carboxylic acids is 4. The first-order valence-electron chi connectivity index (χ1n) is 9.08. The van der Waals surface area contributed by atoms with Gasteiger partial charge in [-0.05, 0) is 12.0 Å². The largest absolute Gasteiger partial charge is 0.463 e. The fourth-order valence-corrected chi connectivity index (χ4v) is 2.70. The van der Waals surface area contributed by atoms with Crippen LogP contribution in [0.4, 0.5) is 0 Å². The fraction of sp³-hybridized carbons (Fsp3) is 0.765. The first-order valence-corrected chi connectivity index (χ1v) is 9.08. The highest BCUT2D eigenvalue weighted by Gasteiger charge is 2.52. The van der Waals surface area contributed by atoms with Gasteiger partial charge in [-0.3, -0.25) is 19.2 Å². The van der Waals surface area contributed by atoms with Gasteiger partial charge in [0, 0.05) is 39.2 Å². The number of esters is 4. The molecule has 0 aliphatic carbocycles. The molecule has 168 valence electrons. The van der Waals surface area contributed by atoms with Gasteiger partial charge in [-0.25, -0.2) is 0 Å². The molecule has 0 amide bonds. The molecule has 0 bridgehead atoms. The average Bonchev–Trinajstić information content (AvgIpc) is 2.63. The van der Waals surface area contributed by atoms with Crippen molar-refractivity contribution in [1.82, 2.24) is 0 Å². The normalized spacial score (nSPS) is 25.4. The number of rotatable bonds is 10. The number of carbonyl (C=O) groups is 4. The van der Waals surface area contributed by atoms with Gasteiger partial charge in [-0.2, -0.15) is 0 Å². The summed E-state index contributed by atoms with van der Waals surface area (Å²) < 4.78 is 32.0. The molecule has 1 heterocycles. The maximum atomic E-state index is 11.7. The third-order valence-electron chi connectivity index (χ3n) is 3.70. The van der Waals surface area contributed by atoms with Crippen molar-refractivity contribution in [3.05, 3.63) is 10.4 Å². The second kappa shape index (κ2) is 12.6. The molecule has 1 saturated heterocycles. The molecule has 0 aromatic carbocycles. The maximum Gasteiger partial charge on any atom is 0.303 e. The Morgan fingerprint density at radius 1 is 0.900 bits per heavy atom. The van der Waals surface area contributed by atoms with Crippen molar-refractivity contribution < 1.29 is 47.6 Å². The zero-order chi connectivity index (χ0) is 22.7. The van der Waals surface area contributed by atoms with E-state index in [1.165, 1.54) is 6.92 Å². The molecule has 30 heavy (non-hydrogen) atoms. The van der Waals surface area contributed by atoms with E-state index >= 15 is 0 Å². The zero-order valence-electron chi connectivity index (χ0n) is 17.1. The van der Waals surface area contributed by atoms with Crippen molar-refractivity contribution in [3.63, 3.8) is 0 Å². The van der Waals surface area contributed by atoms with Crippen LogP contribution in [0.25, 0.3) is 10.4 Å². The van der Waals surface area contributed by atoms with Crippen LogP contribution in [0, 0.1) is 0 Å². The lowest BCUT2D eigenvalue weighted by Crippen LogP contribution is -2.63. The average molecular weight is 431 g/mol. The molecule has 0 N–H and O–H groups in total. The predicted octanol–water partition coefficient (Wildman–Crippen LogP) is 0.786. The van der Waals surface area contributed by atoms with E-state index in [9.17, 15) is 19.2 Å². The quantitative estimate of drug-likeness (QED) is 0.120. The number of ether oxygens (including phenoxy) is 6. The van der Waals surface area contributed by atoms with Crippen LogP contribution in [0.5, 0.6) is 0 Å². The van der Waals surface area contributed by atoms with E-state index in [4.69, 9.17) is 34.0 Å². The van der Waals surface area contributed by atoms with Crippen LogP contribution in [0.3, 0.4) is 0 Å². The van der Waals surface area contributed by atoms with E-state index in [0.717, 1.165) is 20.8 Å². The molecule has 13 nitrogen and oxygen atoms in total. The highest BCUT2D eigenvalue weighted by Crippen LogP contribution is 2.30. The van der Waals surface area contributed by atoms with E-state index < -0.39 is 54.6 Å².